The van der Waals surface area contributed by atoms with E-state index in [0.29, 0.717) is 12.1 Å². The number of nitro groups is 1. The van der Waals surface area contributed by atoms with Crippen LogP contribution in [0, 0.1) is 15.9 Å². The van der Waals surface area contributed by atoms with Crippen molar-refractivity contribution in [2.75, 3.05) is 6.54 Å². The summed E-state index contributed by atoms with van der Waals surface area (Å²) in [6.45, 7) is 1.73. The van der Waals surface area contributed by atoms with Crippen molar-refractivity contribution < 1.29 is 9.31 Å². The summed E-state index contributed by atoms with van der Waals surface area (Å²) in [7, 11) is 0. The van der Waals surface area contributed by atoms with Crippen LogP contribution in [0.3, 0.4) is 0 Å². The summed E-state index contributed by atoms with van der Waals surface area (Å²) in [6.07, 6.45) is 4.43. The zero-order valence-electron chi connectivity index (χ0n) is 10.8. The lowest BCUT2D eigenvalue weighted by Gasteiger charge is -2.06. The Morgan fingerprint density at radius 2 is 2.25 bits per heavy atom. The fourth-order valence-corrected chi connectivity index (χ4v) is 1.87. The highest BCUT2D eigenvalue weighted by molar-refractivity contribution is 5.36. The zero-order valence-corrected chi connectivity index (χ0v) is 10.8. The Bertz CT molecular complexity index is 572. The van der Waals surface area contributed by atoms with Crippen LogP contribution in [0.15, 0.2) is 36.7 Å². The van der Waals surface area contributed by atoms with Gasteiger partial charge in [-0.1, -0.05) is 12.1 Å². The number of nitrogens with zero attached hydrogens (tertiary/aromatic N) is 3. The molecule has 1 heterocycles. The standard InChI is InChI=1S/C13H15FN4O2/c14-13-11(4-1-5-12(13)18(19)20)10-15-6-2-8-17-9-3-7-16-17/h1,3-5,7,9,15H,2,6,8,10H2. The Morgan fingerprint density at radius 3 is 2.95 bits per heavy atom. The van der Waals surface area contributed by atoms with E-state index in [2.05, 4.69) is 10.4 Å². The fourth-order valence-electron chi connectivity index (χ4n) is 1.87. The summed E-state index contributed by atoms with van der Waals surface area (Å²) < 4.78 is 15.6. The number of aromatic nitrogens is 2. The Labute approximate surface area is 115 Å². The van der Waals surface area contributed by atoms with Crippen LogP contribution in [0.4, 0.5) is 10.1 Å². The minimum absolute atomic E-state index is 0.270. The summed E-state index contributed by atoms with van der Waals surface area (Å²) in [5, 5.41) is 17.8. The molecule has 0 radical (unpaired) electrons. The molecule has 6 nitrogen and oxygen atoms in total. The molecular formula is C13H15FN4O2. The van der Waals surface area contributed by atoms with Gasteiger partial charge in [0.1, 0.15) is 0 Å². The van der Waals surface area contributed by atoms with Crippen molar-refractivity contribution in [3.63, 3.8) is 0 Å². The first kappa shape index (κ1) is 14.1. The number of aryl methyl sites for hydroxylation is 1. The van der Waals surface area contributed by atoms with Gasteiger partial charge in [0, 0.05) is 37.1 Å². The van der Waals surface area contributed by atoms with E-state index in [1.54, 1.807) is 12.3 Å². The number of hydrogen-bond acceptors (Lipinski definition) is 4. The molecule has 0 unspecified atom stereocenters. The summed E-state index contributed by atoms with van der Waals surface area (Å²) in [4.78, 5) is 9.91. The Morgan fingerprint density at radius 1 is 1.40 bits per heavy atom. The zero-order chi connectivity index (χ0) is 14.4. The van der Waals surface area contributed by atoms with Gasteiger partial charge in [0.05, 0.1) is 4.92 Å². The van der Waals surface area contributed by atoms with Gasteiger partial charge in [-0.3, -0.25) is 14.8 Å². The average Bonchev–Trinajstić information content (AvgIpc) is 2.93. The smallest absolute Gasteiger partial charge is 0.305 e. The summed E-state index contributed by atoms with van der Waals surface area (Å²) >= 11 is 0. The van der Waals surface area contributed by atoms with Crippen molar-refractivity contribution in [2.24, 2.45) is 0 Å². The lowest BCUT2D eigenvalue weighted by Crippen LogP contribution is -2.17. The molecule has 0 aliphatic carbocycles. The molecule has 0 aliphatic rings. The Kier molecular flexibility index (Phi) is 4.78. The first-order valence-corrected chi connectivity index (χ1v) is 6.28. The van der Waals surface area contributed by atoms with E-state index in [4.69, 9.17) is 0 Å². The monoisotopic (exact) mass is 278 g/mol. The van der Waals surface area contributed by atoms with Crippen molar-refractivity contribution in [1.29, 1.82) is 0 Å². The van der Waals surface area contributed by atoms with Gasteiger partial charge >= 0.3 is 5.69 Å². The highest BCUT2D eigenvalue weighted by atomic mass is 19.1. The third-order valence-electron chi connectivity index (χ3n) is 2.87. The van der Waals surface area contributed by atoms with Crippen LogP contribution in [0.5, 0.6) is 0 Å². The molecule has 0 saturated carbocycles. The molecule has 0 spiro atoms. The molecule has 1 aromatic heterocycles. The van der Waals surface area contributed by atoms with Gasteiger partial charge in [-0.05, 0) is 19.0 Å². The first-order valence-electron chi connectivity index (χ1n) is 6.28. The third-order valence-corrected chi connectivity index (χ3v) is 2.87. The van der Waals surface area contributed by atoms with E-state index in [1.807, 2.05) is 16.9 Å². The number of nitro benzene ring substituents is 1. The molecular weight excluding hydrogens is 263 g/mol. The molecule has 0 bridgehead atoms. The fraction of sp³-hybridized carbons (Fsp3) is 0.308. The van der Waals surface area contributed by atoms with Crippen LogP contribution < -0.4 is 5.32 Å². The maximum absolute atomic E-state index is 13.8. The van der Waals surface area contributed by atoms with Crippen LogP contribution in [-0.2, 0) is 13.1 Å². The van der Waals surface area contributed by atoms with E-state index in [1.165, 1.54) is 6.07 Å². The molecule has 0 saturated heterocycles. The molecule has 0 aliphatic heterocycles. The van der Waals surface area contributed by atoms with E-state index in [0.717, 1.165) is 19.0 Å². The molecule has 20 heavy (non-hydrogen) atoms. The van der Waals surface area contributed by atoms with Gasteiger partial charge in [0.25, 0.3) is 0 Å². The van der Waals surface area contributed by atoms with Crippen molar-refractivity contribution in [3.05, 3.63) is 58.2 Å². The Balaban J connectivity index is 1.79. The van der Waals surface area contributed by atoms with Gasteiger partial charge in [-0.15, -0.1) is 0 Å². The molecule has 0 fully saturated rings. The van der Waals surface area contributed by atoms with Crippen LogP contribution in [0.25, 0.3) is 0 Å². The average molecular weight is 278 g/mol. The topological polar surface area (TPSA) is 73.0 Å². The molecule has 1 N–H and O–H groups in total. The van der Waals surface area contributed by atoms with Crippen LogP contribution >= 0.6 is 0 Å². The molecule has 1 aromatic carbocycles. The second-order valence-corrected chi connectivity index (χ2v) is 4.31. The molecule has 0 amide bonds. The molecule has 106 valence electrons. The lowest BCUT2D eigenvalue weighted by atomic mass is 10.2. The van der Waals surface area contributed by atoms with Gasteiger partial charge in [0.2, 0.25) is 5.82 Å². The number of rotatable bonds is 7. The van der Waals surface area contributed by atoms with Crippen molar-refractivity contribution in [2.45, 2.75) is 19.5 Å². The van der Waals surface area contributed by atoms with E-state index >= 15 is 0 Å². The maximum Gasteiger partial charge on any atom is 0.305 e. The van der Waals surface area contributed by atoms with Gasteiger partial charge in [-0.25, -0.2) is 0 Å². The van der Waals surface area contributed by atoms with Crippen molar-refractivity contribution in [1.82, 2.24) is 15.1 Å². The second-order valence-electron chi connectivity index (χ2n) is 4.31. The van der Waals surface area contributed by atoms with Gasteiger partial charge < -0.3 is 5.32 Å². The van der Waals surface area contributed by atoms with Crippen LogP contribution in [-0.4, -0.2) is 21.2 Å². The summed E-state index contributed by atoms with van der Waals surface area (Å²) in [6, 6.07) is 6.05. The first-order chi connectivity index (χ1) is 9.68. The molecule has 2 aromatic rings. The van der Waals surface area contributed by atoms with E-state index < -0.39 is 16.4 Å². The SMILES string of the molecule is O=[N+]([O-])c1cccc(CNCCCn2cccn2)c1F. The largest absolute Gasteiger partial charge is 0.312 e. The highest BCUT2D eigenvalue weighted by Crippen LogP contribution is 2.19. The predicted molar refractivity (Wildman–Crippen MR) is 71.6 cm³/mol. The number of hydrogen-bond donors (Lipinski definition) is 1. The number of nitrogens with one attached hydrogen (secondary N) is 1. The molecule has 7 heteroatoms. The second kappa shape index (κ2) is 6.76. The lowest BCUT2D eigenvalue weighted by molar-refractivity contribution is -0.387. The summed E-state index contributed by atoms with van der Waals surface area (Å²) in [5.41, 5.74) is -0.181. The van der Waals surface area contributed by atoms with Crippen molar-refractivity contribution in [3.8, 4) is 0 Å². The normalized spacial score (nSPS) is 10.7. The minimum Gasteiger partial charge on any atom is -0.312 e. The molecule has 0 atom stereocenters. The maximum atomic E-state index is 13.8. The predicted octanol–water partition coefficient (Wildman–Crippen LogP) is 2.11. The highest BCUT2D eigenvalue weighted by Gasteiger charge is 2.16. The van der Waals surface area contributed by atoms with E-state index in [9.17, 15) is 14.5 Å². The van der Waals surface area contributed by atoms with Gasteiger partial charge in [0.15, 0.2) is 0 Å². The summed E-state index contributed by atoms with van der Waals surface area (Å²) in [5.74, 6) is -0.767. The minimum atomic E-state index is -0.767. The Hall–Kier alpha value is -2.28. The van der Waals surface area contributed by atoms with E-state index in [-0.39, 0.29) is 6.54 Å². The van der Waals surface area contributed by atoms with Crippen molar-refractivity contribution >= 4 is 5.69 Å². The number of halogens is 1. The van der Waals surface area contributed by atoms with Gasteiger partial charge in [-0.2, -0.15) is 9.49 Å². The quantitative estimate of drug-likeness (QED) is 0.478. The van der Waals surface area contributed by atoms with Crippen LogP contribution in [0.1, 0.15) is 12.0 Å². The third kappa shape index (κ3) is 3.61. The van der Waals surface area contributed by atoms with Crippen LogP contribution in [0.2, 0.25) is 0 Å². The molecule has 2 rings (SSSR count). The number of benzene rings is 1.